The van der Waals surface area contributed by atoms with Crippen LogP contribution in [0.5, 0.6) is 11.5 Å². The molecule has 0 saturated carbocycles. The number of aromatic amines is 1. The van der Waals surface area contributed by atoms with Gasteiger partial charge in [-0.05, 0) is 77.3 Å². The second-order valence-electron chi connectivity index (χ2n) is 7.42. The molecule has 0 amide bonds. The van der Waals surface area contributed by atoms with Gasteiger partial charge in [0.1, 0.15) is 18.5 Å². The molecule has 4 rings (SSSR count). The van der Waals surface area contributed by atoms with E-state index < -0.39 is 0 Å². The summed E-state index contributed by atoms with van der Waals surface area (Å²) in [5.41, 5.74) is 4.91. The zero-order valence-corrected chi connectivity index (χ0v) is 20.5. The maximum absolute atomic E-state index is 9.79. The molecule has 0 atom stereocenters. The predicted octanol–water partition coefficient (Wildman–Crippen LogP) is 7.33. The van der Waals surface area contributed by atoms with Gasteiger partial charge in [-0.25, -0.2) is 4.98 Å². The Bertz CT molecular complexity index is 1390. The summed E-state index contributed by atoms with van der Waals surface area (Å²) >= 11 is 9.85. The van der Waals surface area contributed by atoms with Crippen molar-refractivity contribution >= 4 is 50.2 Å². The molecular weight excluding hydrogens is 502 g/mol. The van der Waals surface area contributed by atoms with E-state index in [0.29, 0.717) is 45.6 Å². The van der Waals surface area contributed by atoms with E-state index in [9.17, 15) is 5.26 Å². The molecule has 0 aliphatic rings. The summed E-state index contributed by atoms with van der Waals surface area (Å²) < 4.78 is 12.6. The molecule has 3 aromatic carbocycles. The maximum Gasteiger partial charge on any atom is 0.175 e. The van der Waals surface area contributed by atoms with Gasteiger partial charge in [-0.1, -0.05) is 35.9 Å². The number of imidazole rings is 1. The average molecular weight is 523 g/mol. The fourth-order valence-corrected chi connectivity index (χ4v) is 4.18. The Morgan fingerprint density at radius 1 is 1.18 bits per heavy atom. The number of hydrogen-bond acceptors (Lipinski definition) is 4. The number of nitrogens with one attached hydrogen (secondary N) is 1. The van der Waals surface area contributed by atoms with E-state index in [1.165, 1.54) is 0 Å². The summed E-state index contributed by atoms with van der Waals surface area (Å²) in [4.78, 5) is 7.80. The van der Waals surface area contributed by atoms with Gasteiger partial charge >= 0.3 is 0 Å². The molecule has 0 aliphatic heterocycles. The van der Waals surface area contributed by atoms with Crippen LogP contribution >= 0.6 is 27.5 Å². The molecule has 0 spiro atoms. The van der Waals surface area contributed by atoms with Crippen molar-refractivity contribution in [2.75, 3.05) is 6.61 Å². The third-order valence-electron chi connectivity index (χ3n) is 4.99. The number of fused-ring (bicyclic) bond motifs is 1. The van der Waals surface area contributed by atoms with E-state index in [1.54, 1.807) is 6.08 Å². The zero-order valence-electron chi connectivity index (χ0n) is 18.2. The first-order valence-corrected chi connectivity index (χ1v) is 11.6. The molecule has 0 bridgehead atoms. The van der Waals surface area contributed by atoms with E-state index in [1.807, 2.05) is 68.4 Å². The number of allylic oxidation sites excluding steroid dienone is 1. The van der Waals surface area contributed by atoms with Crippen LogP contribution in [0.25, 0.3) is 22.7 Å². The van der Waals surface area contributed by atoms with Crippen LogP contribution in [0.1, 0.15) is 29.4 Å². The molecule has 7 heteroatoms. The average Bonchev–Trinajstić information content (AvgIpc) is 3.21. The molecule has 1 heterocycles. The highest BCUT2D eigenvalue weighted by atomic mass is 79.9. The van der Waals surface area contributed by atoms with Gasteiger partial charge in [0.25, 0.3) is 0 Å². The minimum absolute atomic E-state index is 0.301. The van der Waals surface area contributed by atoms with Crippen molar-refractivity contribution in [1.29, 1.82) is 5.26 Å². The van der Waals surface area contributed by atoms with Crippen LogP contribution in [0.2, 0.25) is 5.02 Å². The molecule has 33 heavy (non-hydrogen) atoms. The summed E-state index contributed by atoms with van der Waals surface area (Å²) in [7, 11) is 0. The molecular formula is C26H21BrClN3O2. The van der Waals surface area contributed by atoms with Crippen LogP contribution < -0.4 is 9.47 Å². The Labute approximate surface area is 205 Å². The van der Waals surface area contributed by atoms with Crippen molar-refractivity contribution in [3.8, 4) is 17.6 Å². The van der Waals surface area contributed by atoms with Crippen LogP contribution in [-0.4, -0.2) is 16.6 Å². The monoisotopic (exact) mass is 521 g/mol. The first-order valence-electron chi connectivity index (χ1n) is 10.4. The third kappa shape index (κ3) is 5.22. The summed E-state index contributed by atoms with van der Waals surface area (Å²) in [5, 5.41) is 10.4. The van der Waals surface area contributed by atoms with Gasteiger partial charge in [0.15, 0.2) is 11.5 Å². The lowest BCUT2D eigenvalue weighted by atomic mass is 10.1. The lowest BCUT2D eigenvalue weighted by molar-refractivity contribution is 0.267. The molecule has 5 nitrogen and oxygen atoms in total. The normalized spacial score (nSPS) is 11.4. The van der Waals surface area contributed by atoms with Crippen molar-refractivity contribution in [3.05, 3.63) is 86.6 Å². The van der Waals surface area contributed by atoms with Crippen LogP contribution in [0.15, 0.2) is 59.1 Å². The lowest BCUT2D eigenvalue weighted by Gasteiger charge is -2.15. The topological polar surface area (TPSA) is 70.9 Å². The molecule has 0 fully saturated rings. The Hall–Kier alpha value is -3.27. The van der Waals surface area contributed by atoms with Crippen LogP contribution in [0, 0.1) is 18.3 Å². The highest BCUT2D eigenvalue weighted by molar-refractivity contribution is 9.10. The number of halogens is 2. The number of ether oxygens (including phenoxy) is 2. The van der Waals surface area contributed by atoms with Gasteiger partial charge in [-0.15, -0.1) is 0 Å². The molecule has 166 valence electrons. The van der Waals surface area contributed by atoms with E-state index in [-0.39, 0.29) is 0 Å². The fourth-order valence-electron chi connectivity index (χ4n) is 3.41. The number of hydrogen-bond donors (Lipinski definition) is 1. The van der Waals surface area contributed by atoms with Gasteiger partial charge in [0.2, 0.25) is 0 Å². The molecule has 4 aromatic rings. The number of rotatable bonds is 7. The quantitative estimate of drug-likeness (QED) is 0.258. The highest BCUT2D eigenvalue weighted by Crippen LogP contribution is 2.38. The van der Waals surface area contributed by atoms with E-state index in [0.717, 1.165) is 27.7 Å². The largest absolute Gasteiger partial charge is 0.490 e. The molecule has 0 aliphatic carbocycles. The molecule has 1 N–H and O–H groups in total. The number of aryl methyl sites for hydroxylation is 1. The second kappa shape index (κ2) is 10.1. The predicted molar refractivity (Wildman–Crippen MR) is 135 cm³/mol. The first-order chi connectivity index (χ1) is 16.0. The number of aromatic nitrogens is 2. The van der Waals surface area contributed by atoms with Gasteiger partial charge < -0.3 is 14.5 Å². The lowest BCUT2D eigenvalue weighted by Crippen LogP contribution is -2.01. The Morgan fingerprint density at radius 3 is 2.76 bits per heavy atom. The van der Waals surface area contributed by atoms with Crippen molar-refractivity contribution in [1.82, 2.24) is 9.97 Å². The number of benzene rings is 3. The Kier molecular flexibility index (Phi) is 7.02. The van der Waals surface area contributed by atoms with Crippen molar-refractivity contribution < 1.29 is 9.47 Å². The second-order valence-corrected chi connectivity index (χ2v) is 8.68. The Balaban J connectivity index is 1.67. The van der Waals surface area contributed by atoms with Crippen molar-refractivity contribution in [3.63, 3.8) is 0 Å². The van der Waals surface area contributed by atoms with Crippen LogP contribution in [0.4, 0.5) is 0 Å². The smallest absolute Gasteiger partial charge is 0.175 e. The number of nitriles is 1. The standard InChI is InChI=1S/C26H21BrClN3O2/c1-3-32-24-13-17(12-20(27)25(24)33-15-18-6-4-5-7-21(18)28)11-19(14-29)26-30-22-9-8-16(2)10-23(22)31-26/h4-13H,3,15H2,1-2H3,(H,30,31)/b19-11-. The van der Waals surface area contributed by atoms with Gasteiger partial charge in [-0.2, -0.15) is 5.26 Å². The van der Waals surface area contributed by atoms with E-state index in [4.69, 9.17) is 21.1 Å². The first kappa shape index (κ1) is 22.9. The van der Waals surface area contributed by atoms with E-state index in [2.05, 4.69) is 32.0 Å². The summed E-state index contributed by atoms with van der Waals surface area (Å²) in [6, 6.07) is 19.5. The Morgan fingerprint density at radius 2 is 2.00 bits per heavy atom. The molecule has 0 radical (unpaired) electrons. The zero-order chi connectivity index (χ0) is 23.4. The van der Waals surface area contributed by atoms with Gasteiger partial charge in [-0.3, -0.25) is 0 Å². The third-order valence-corrected chi connectivity index (χ3v) is 5.94. The minimum Gasteiger partial charge on any atom is -0.490 e. The SMILES string of the molecule is CCOc1cc(/C=C(/C#N)c2nc3ccc(C)cc3[nH]2)cc(Br)c1OCc1ccccc1Cl. The van der Waals surface area contributed by atoms with Crippen LogP contribution in [-0.2, 0) is 6.61 Å². The summed E-state index contributed by atoms with van der Waals surface area (Å²) in [5.74, 6) is 1.67. The molecule has 1 aromatic heterocycles. The van der Waals surface area contributed by atoms with Gasteiger partial charge in [0, 0.05) is 10.6 Å². The fraction of sp³-hybridized carbons (Fsp3) is 0.154. The summed E-state index contributed by atoms with van der Waals surface area (Å²) in [6.45, 7) is 4.69. The van der Waals surface area contributed by atoms with Crippen LogP contribution in [0.3, 0.4) is 0 Å². The minimum atomic E-state index is 0.301. The van der Waals surface area contributed by atoms with Crippen molar-refractivity contribution in [2.45, 2.75) is 20.5 Å². The number of H-pyrrole nitrogens is 1. The summed E-state index contributed by atoms with van der Waals surface area (Å²) in [6.07, 6.45) is 1.77. The molecule has 0 saturated heterocycles. The van der Waals surface area contributed by atoms with Gasteiger partial charge in [0.05, 0.1) is 27.7 Å². The van der Waals surface area contributed by atoms with Crippen molar-refractivity contribution in [2.24, 2.45) is 0 Å². The van der Waals surface area contributed by atoms with E-state index >= 15 is 0 Å². The maximum atomic E-state index is 9.79. The molecule has 0 unspecified atom stereocenters. The number of nitrogens with zero attached hydrogens (tertiary/aromatic N) is 2. The highest BCUT2D eigenvalue weighted by Gasteiger charge is 2.14.